The molecular weight excluding hydrogens is 236 g/mol. The lowest BCUT2D eigenvalue weighted by Crippen LogP contribution is -2.29. The SMILES string of the molecule is N#CCCN(Cc1ccco1)C(=O)/C=C/C(=O)O. The fourth-order valence-electron chi connectivity index (χ4n) is 1.29. The number of carbonyl (C=O) groups excluding carboxylic acids is 1. The maximum Gasteiger partial charge on any atom is 0.328 e. The highest BCUT2D eigenvalue weighted by atomic mass is 16.4. The molecule has 94 valence electrons. The third-order valence-electron chi connectivity index (χ3n) is 2.10. The second-order valence-corrected chi connectivity index (χ2v) is 3.42. The van der Waals surface area contributed by atoms with Crippen molar-refractivity contribution in [3.8, 4) is 6.07 Å². The van der Waals surface area contributed by atoms with E-state index in [-0.39, 0.29) is 19.5 Å². The number of rotatable bonds is 6. The summed E-state index contributed by atoms with van der Waals surface area (Å²) < 4.78 is 5.10. The minimum Gasteiger partial charge on any atom is -0.478 e. The van der Waals surface area contributed by atoms with Crippen LogP contribution in [-0.4, -0.2) is 28.4 Å². The minimum absolute atomic E-state index is 0.174. The Bertz CT molecular complexity index is 471. The number of carboxylic acid groups (broad SMARTS) is 1. The minimum atomic E-state index is -1.19. The molecule has 1 rings (SSSR count). The van der Waals surface area contributed by atoms with E-state index < -0.39 is 11.9 Å². The number of hydrogen-bond donors (Lipinski definition) is 1. The quantitative estimate of drug-likeness (QED) is 0.762. The van der Waals surface area contributed by atoms with Crippen molar-refractivity contribution < 1.29 is 19.1 Å². The molecule has 0 atom stereocenters. The van der Waals surface area contributed by atoms with Crippen molar-refractivity contribution in [3.63, 3.8) is 0 Å². The normalized spacial score (nSPS) is 10.2. The molecule has 6 heteroatoms. The van der Waals surface area contributed by atoms with E-state index in [0.29, 0.717) is 5.76 Å². The van der Waals surface area contributed by atoms with Gasteiger partial charge in [0.15, 0.2) is 0 Å². The third-order valence-corrected chi connectivity index (χ3v) is 2.10. The van der Waals surface area contributed by atoms with Crippen LogP contribution in [-0.2, 0) is 16.1 Å². The Kier molecular flexibility index (Phi) is 5.19. The van der Waals surface area contributed by atoms with Gasteiger partial charge in [0.25, 0.3) is 0 Å². The van der Waals surface area contributed by atoms with Crippen LogP contribution in [0.15, 0.2) is 35.0 Å². The zero-order valence-corrected chi connectivity index (χ0v) is 9.57. The summed E-state index contributed by atoms with van der Waals surface area (Å²) in [6.07, 6.45) is 3.38. The van der Waals surface area contributed by atoms with Crippen LogP contribution in [0.5, 0.6) is 0 Å². The zero-order valence-electron chi connectivity index (χ0n) is 9.57. The molecule has 0 aromatic carbocycles. The summed E-state index contributed by atoms with van der Waals surface area (Å²) in [6.45, 7) is 0.428. The Hall–Kier alpha value is -2.55. The standard InChI is InChI=1S/C12H12N2O4/c13-6-2-7-14(9-10-3-1-8-18-10)11(15)4-5-12(16)17/h1,3-5,8H,2,7,9H2,(H,16,17)/b5-4+. The molecule has 1 heterocycles. The van der Waals surface area contributed by atoms with E-state index in [9.17, 15) is 9.59 Å². The number of amides is 1. The Morgan fingerprint density at radius 3 is 2.83 bits per heavy atom. The molecule has 18 heavy (non-hydrogen) atoms. The second-order valence-electron chi connectivity index (χ2n) is 3.42. The lowest BCUT2D eigenvalue weighted by atomic mass is 10.3. The smallest absolute Gasteiger partial charge is 0.328 e. The fraction of sp³-hybridized carbons (Fsp3) is 0.250. The van der Waals surface area contributed by atoms with Crippen molar-refractivity contribution >= 4 is 11.9 Å². The summed E-state index contributed by atoms with van der Waals surface area (Å²) in [5.41, 5.74) is 0. The van der Waals surface area contributed by atoms with Gasteiger partial charge in [-0.25, -0.2) is 4.79 Å². The van der Waals surface area contributed by atoms with Crippen molar-refractivity contribution in [3.05, 3.63) is 36.3 Å². The third kappa shape index (κ3) is 4.53. The van der Waals surface area contributed by atoms with Crippen LogP contribution in [0.2, 0.25) is 0 Å². The monoisotopic (exact) mass is 248 g/mol. The average Bonchev–Trinajstić information content (AvgIpc) is 2.84. The van der Waals surface area contributed by atoms with Crippen LogP contribution >= 0.6 is 0 Å². The summed E-state index contributed by atoms with van der Waals surface area (Å²) in [6, 6.07) is 5.32. The summed E-state index contributed by atoms with van der Waals surface area (Å²) >= 11 is 0. The number of carbonyl (C=O) groups is 2. The molecule has 1 amide bonds. The maximum absolute atomic E-state index is 11.7. The average molecular weight is 248 g/mol. The van der Waals surface area contributed by atoms with Crippen LogP contribution < -0.4 is 0 Å². The van der Waals surface area contributed by atoms with Crippen molar-refractivity contribution in [2.24, 2.45) is 0 Å². The van der Waals surface area contributed by atoms with E-state index in [1.807, 2.05) is 6.07 Å². The number of nitrogens with zero attached hydrogens (tertiary/aromatic N) is 2. The Morgan fingerprint density at radius 1 is 1.50 bits per heavy atom. The van der Waals surface area contributed by atoms with Crippen molar-refractivity contribution in [1.82, 2.24) is 4.90 Å². The largest absolute Gasteiger partial charge is 0.478 e. The van der Waals surface area contributed by atoms with Gasteiger partial charge >= 0.3 is 5.97 Å². The van der Waals surface area contributed by atoms with E-state index in [1.165, 1.54) is 11.2 Å². The predicted octanol–water partition coefficient (Wildman–Crippen LogP) is 1.16. The van der Waals surface area contributed by atoms with Crippen LogP contribution in [0.3, 0.4) is 0 Å². The van der Waals surface area contributed by atoms with Gasteiger partial charge in [-0.15, -0.1) is 0 Å². The number of hydrogen-bond acceptors (Lipinski definition) is 4. The first-order valence-corrected chi connectivity index (χ1v) is 5.22. The summed E-state index contributed by atoms with van der Waals surface area (Å²) in [4.78, 5) is 23.4. The van der Waals surface area contributed by atoms with Crippen LogP contribution in [0.4, 0.5) is 0 Å². The molecule has 0 spiro atoms. The lowest BCUT2D eigenvalue weighted by Gasteiger charge is -2.18. The maximum atomic E-state index is 11.7. The van der Waals surface area contributed by atoms with Crippen LogP contribution in [0, 0.1) is 11.3 Å². The molecule has 0 radical (unpaired) electrons. The molecule has 0 saturated carbocycles. The number of furan rings is 1. The van der Waals surface area contributed by atoms with Gasteiger partial charge in [-0.3, -0.25) is 4.79 Å². The van der Waals surface area contributed by atoms with Crippen LogP contribution in [0.25, 0.3) is 0 Å². The molecule has 0 aliphatic carbocycles. The lowest BCUT2D eigenvalue weighted by molar-refractivity contribution is -0.132. The molecular formula is C12H12N2O4. The molecule has 0 fully saturated rings. The first-order chi connectivity index (χ1) is 8.63. The summed E-state index contributed by atoms with van der Waals surface area (Å²) in [7, 11) is 0. The van der Waals surface area contributed by atoms with Crippen LogP contribution in [0.1, 0.15) is 12.2 Å². The molecule has 1 N–H and O–H groups in total. The van der Waals surface area contributed by atoms with Crippen molar-refractivity contribution in [2.75, 3.05) is 6.54 Å². The Balaban J connectivity index is 2.68. The number of aliphatic carboxylic acids is 1. The molecule has 0 unspecified atom stereocenters. The van der Waals surface area contributed by atoms with E-state index >= 15 is 0 Å². The number of carboxylic acids is 1. The van der Waals surface area contributed by atoms with E-state index in [1.54, 1.807) is 12.1 Å². The van der Waals surface area contributed by atoms with Gasteiger partial charge in [-0.1, -0.05) is 0 Å². The molecule has 0 saturated heterocycles. The van der Waals surface area contributed by atoms with Gasteiger partial charge in [0.2, 0.25) is 5.91 Å². The van der Waals surface area contributed by atoms with E-state index in [4.69, 9.17) is 14.8 Å². The summed E-state index contributed by atoms with van der Waals surface area (Å²) in [5, 5.41) is 17.0. The van der Waals surface area contributed by atoms with Gasteiger partial charge in [0, 0.05) is 18.7 Å². The first kappa shape index (κ1) is 13.5. The van der Waals surface area contributed by atoms with Crippen molar-refractivity contribution in [2.45, 2.75) is 13.0 Å². The highest BCUT2D eigenvalue weighted by Gasteiger charge is 2.12. The first-order valence-electron chi connectivity index (χ1n) is 5.22. The van der Waals surface area contributed by atoms with Gasteiger partial charge in [-0.2, -0.15) is 5.26 Å². The molecule has 0 aliphatic heterocycles. The second kappa shape index (κ2) is 6.91. The zero-order chi connectivity index (χ0) is 13.4. The highest BCUT2D eigenvalue weighted by molar-refractivity contribution is 5.93. The molecule has 1 aromatic rings. The highest BCUT2D eigenvalue weighted by Crippen LogP contribution is 2.06. The Morgan fingerprint density at radius 2 is 2.28 bits per heavy atom. The van der Waals surface area contributed by atoms with Gasteiger partial charge in [0.05, 0.1) is 25.3 Å². The molecule has 0 bridgehead atoms. The van der Waals surface area contributed by atoms with Crippen molar-refractivity contribution in [1.29, 1.82) is 5.26 Å². The fourth-order valence-corrected chi connectivity index (χ4v) is 1.29. The number of nitriles is 1. The Labute approximate surface area is 104 Å². The molecule has 1 aromatic heterocycles. The van der Waals surface area contributed by atoms with Gasteiger partial charge in [-0.05, 0) is 12.1 Å². The topological polar surface area (TPSA) is 94.5 Å². The summed E-state index contributed by atoms with van der Waals surface area (Å²) in [5.74, 6) is -1.09. The van der Waals surface area contributed by atoms with E-state index in [0.717, 1.165) is 12.2 Å². The predicted molar refractivity (Wildman–Crippen MR) is 61.1 cm³/mol. The molecule has 0 aliphatic rings. The molecule has 6 nitrogen and oxygen atoms in total. The van der Waals surface area contributed by atoms with Gasteiger partial charge in [0.1, 0.15) is 5.76 Å². The van der Waals surface area contributed by atoms with Gasteiger partial charge < -0.3 is 14.4 Å². The van der Waals surface area contributed by atoms with E-state index in [2.05, 4.69) is 0 Å².